The van der Waals surface area contributed by atoms with Crippen molar-refractivity contribution in [2.75, 3.05) is 0 Å². The van der Waals surface area contributed by atoms with Crippen molar-refractivity contribution in [1.29, 1.82) is 0 Å². The molecule has 3 nitrogen and oxygen atoms in total. The number of carbonyl (C=O) groups is 1. The van der Waals surface area contributed by atoms with Crippen LogP contribution in [0.1, 0.15) is 21.6 Å². The van der Waals surface area contributed by atoms with Crippen molar-refractivity contribution < 1.29 is 9.90 Å². The zero-order valence-electron chi connectivity index (χ0n) is 11.4. The smallest absolute Gasteiger partial charge is 0.352 e. The third-order valence-corrected chi connectivity index (χ3v) is 3.70. The van der Waals surface area contributed by atoms with Gasteiger partial charge < -0.3 is 10.1 Å². The van der Waals surface area contributed by atoms with E-state index in [0.29, 0.717) is 0 Å². The van der Waals surface area contributed by atoms with Gasteiger partial charge in [0.25, 0.3) is 0 Å². The first-order valence-electron chi connectivity index (χ1n) is 6.49. The number of hydrogen-bond acceptors (Lipinski definition) is 1. The van der Waals surface area contributed by atoms with E-state index in [9.17, 15) is 4.79 Å². The minimum atomic E-state index is -0.938. The van der Waals surface area contributed by atoms with E-state index < -0.39 is 5.97 Å². The van der Waals surface area contributed by atoms with Crippen LogP contribution in [0.5, 0.6) is 0 Å². The number of hydrogen-bond donors (Lipinski definition) is 2. The topological polar surface area (TPSA) is 53.1 Å². The fourth-order valence-electron chi connectivity index (χ4n) is 2.42. The lowest BCUT2D eigenvalue weighted by Crippen LogP contribution is -1.95. The van der Waals surface area contributed by atoms with Crippen molar-refractivity contribution in [1.82, 2.24) is 4.98 Å². The van der Waals surface area contributed by atoms with E-state index in [1.54, 1.807) is 6.07 Å². The second-order valence-corrected chi connectivity index (χ2v) is 5.06. The molecular weight excluding hydrogens is 250 g/mol. The maximum Gasteiger partial charge on any atom is 0.352 e. The summed E-state index contributed by atoms with van der Waals surface area (Å²) in [5.41, 5.74) is 5.68. The first-order chi connectivity index (χ1) is 9.56. The highest BCUT2D eigenvalue weighted by atomic mass is 16.4. The van der Waals surface area contributed by atoms with Crippen molar-refractivity contribution in [3.63, 3.8) is 0 Å². The summed E-state index contributed by atoms with van der Waals surface area (Å²) in [6, 6.07) is 13.8. The minimum absolute atomic E-state index is 0.219. The van der Waals surface area contributed by atoms with E-state index in [1.165, 1.54) is 11.1 Å². The SMILES string of the molecule is Cc1ccc(-c2cccc3cc(C(=O)O)[nH]c23)cc1C. The molecule has 0 unspecified atom stereocenters. The number of rotatable bonds is 2. The predicted molar refractivity (Wildman–Crippen MR) is 80.2 cm³/mol. The van der Waals surface area contributed by atoms with Crippen LogP contribution in [0.4, 0.5) is 0 Å². The Balaban J connectivity index is 2.24. The molecule has 0 amide bonds. The molecule has 100 valence electrons. The molecule has 1 heterocycles. The Kier molecular flexibility index (Phi) is 2.83. The average Bonchev–Trinajstić information content (AvgIpc) is 2.86. The van der Waals surface area contributed by atoms with Crippen LogP contribution in [-0.2, 0) is 0 Å². The molecule has 0 aliphatic carbocycles. The summed E-state index contributed by atoms with van der Waals surface area (Å²) >= 11 is 0. The second-order valence-electron chi connectivity index (χ2n) is 5.06. The van der Waals surface area contributed by atoms with Gasteiger partial charge in [-0.05, 0) is 36.6 Å². The number of H-pyrrole nitrogens is 1. The molecule has 2 N–H and O–H groups in total. The zero-order valence-corrected chi connectivity index (χ0v) is 11.4. The van der Waals surface area contributed by atoms with Gasteiger partial charge in [0.05, 0.1) is 5.52 Å². The molecule has 3 rings (SSSR count). The van der Waals surface area contributed by atoms with E-state index in [0.717, 1.165) is 22.0 Å². The Bertz CT molecular complexity index is 815. The number of benzene rings is 2. The molecule has 2 aromatic carbocycles. The van der Waals surface area contributed by atoms with Gasteiger partial charge in [0.15, 0.2) is 0 Å². The van der Waals surface area contributed by atoms with Crippen LogP contribution in [0, 0.1) is 13.8 Å². The van der Waals surface area contributed by atoms with Crippen LogP contribution in [0.25, 0.3) is 22.0 Å². The first-order valence-corrected chi connectivity index (χ1v) is 6.49. The molecule has 0 fully saturated rings. The van der Waals surface area contributed by atoms with Crippen molar-refractivity contribution in [2.45, 2.75) is 13.8 Å². The predicted octanol–water partition coefficient (Wildman–Crippen LogP) is 4.15. The number of aromatic nitrogens is 1. The van der Waals surface area contributed by atoms with Gasteiger partial charge in [-0.3, -0.25) is 0 Å². The van der Waals surface area contributed by atoms with Crippen molar-refractivity contribution in [2.24, 2.45) is 0 Å². The minimum Gasteiger partial charge on any atom is -0.477 e. The summed E-state index contributed by atoms with van der Waals surface area (Å²) in [5.74, 6) is -0.938. The molecule has 0 radical (unpaired) electrons. The largest absolute Gasteiger partial charge is 0.477 e. The molecule has 0 bridgehead atoms. The van der Waals surface area contributed by atoms with Crippen molar-refractivity contribution in [3.05, 3.63) is 59.3 Å². The van der Waals surface area contributed by atoms with Crippen LogP contribution in [0.2, 0.25) is 0 Å². The Morgan fingerprint density at radius 1 is 1.05 bits per heavy atom. The Hall–Kier alpha value is -2.55. The molecule has 3 aromatic rings. The third-order valence-electron chi connectivity index (χ3n) is 3.70. The van der Waals surface area contributed by atoms with Crippen LogP contribution < -0.4 is 0 Å². The highest BCUT2D eigenvalue weighted by Crippen LogP contribution is 2.29. The molecule has 0 atom stereocenters. The number of aryl methyl sites for hydroxylation is 2. The lowest BCUT2D eigenvalue weighted by atomic mass is 9.99. The summed E-state index contributed by atoms with van der Waals surface area (Å²) < 4.78 is 0. The maximum absolute atomic E-state index is 11.1. The van der Waals surface area contributed by atoms with Gasteiger partial charge in [0.2, 0.25) is 0 Å². The summed E-state index contributed by atoms with van der Waals surface area (Å²) in [7, 11) is 0. The quantitative estimate of drug-likeness (QED) is 0.731. The van der Waals surface area contributed by atoms with Crippen LogP contribution in [0.3, 0.4) is 0 Å². The van der Waals surface area contributed by atoms with E-state index in [-0.39, 0.29) is 5.69 Å². The van der Waals surface area contributed by atoms with E-state index >= 15 is 0 Å². The highest BCUT2D eigenvalue weighted by molar-refractivity contribution is 6.00. The van der Waals surface area contributed by atoms with Gasteiger partial charge in [0, 0.05) is 10.9 Å². The number of nitrogens with one attached hydrogen (secondary N) is 1. The van der Waals surface area contributed by atoms with E-state index in [1.807, 2.05) is 18.2 Å². The molecule has 3 heteroatoms. The molecule has 0 saturated heterocycles. The van der Waals surface area contributed by atoms with E-state index in [4.69, 9.17) is 5.11 Å². The average molecular weight is 265 g/mol. The summed E-state index contributed by atoms with van der Waals surface area (Å²) in [4.78, 5) is 14.1. The van der Waals surface area contributed by atoms with Gasteiger partial charge in [-0.15, -0.1) is 0 Å². The fourth-order valence-corrected chi connectivity index (χ4v) is 2.42. The van der Waals surface area contributed by atoms with Gasteiger partial charge in [-0.25, -0.2) is 4.79 Å². The van der Waals surface area contributed by atoms with Crippen LogP contribution >= 0.6 is 0 Å². The summed E-state index contributed by atoms with van der Waals surface area (Å²) in [6.07, 6.45) is 0. The Labute approximate surface area is 116 Å². The normalized spacial score (nSPS) is 10.9. The van der Waals surface area contributed by atoms with Gasteiger partial charge >= 0.3 is 5.97 Å². The number of carboxylic acid groups (broad SMARTS) is 1. The monoisotopic (exact) mass is 265 g/mol. The zero-order chi connectivity index (χ0) is 14.3. The summed E-state index contributed by atoms with van der Waals surface area (Å²) in [6.45, 7) is 4.16. The molecule has 0 aliphatic rings. The number of carboxylic acids is 1. The van der Waals surface area contributed by atoms with Gasteiger partial charge in [-0.2, -0.15) is 0 Å². The van der Waals surface area contributed by atoms with E-state index in [2.05, 4.69) is 37.0 Å². The third kappa shape index (κ3) is 1.97. The Morgan fingerprint density at radius 3 is 2.55 bits per heavy atom. The number of aromatic amines is 1. The number of fused-ring (bicyclic) bond motifs is 1. The lowest BCUT2D eigenvalue weighted by Gasteiger charge is -2.07. The van der Waals surface area contributed by atoms with Crippen molar-refractivity contribution >= 4 is 16.9 Å². The molecule has 1 aromatic heterocycles. The highest BCUT2D eigenvalue weighted by Gasteiger charge is 2.11. The lowest BCUT2D eigenvalue weighted by molar-refractivity contribution is 0.0691. The second kappa shape index (κ2) is 4.53. The van der Waals surface area contributed by atoms with Crippen LogP contribution in [-0.4, -0.2) is 16.1 Å². The van der Waals surface area contributed by atoms with Gasteiger partial charge in [-0.1, -0.05) is 36.4 Å². The maximum atomic E-state index is 11.1. The fraction of sp³-hybridized carbons (Fsp3) is 0.118. The number of para-hydroxylation sites is 1. The molecule has 0 saturated carbocycles. The van der Waals surface area contributed by atoms with Crippen LogP contribution in [0.15, 0.2) is 42.5 Å². The summed E-state index contributed by atoms with van der Waals surface area (Å²) in [5, 5.41) is 10.0. The molecular formula is C17H15NO2. The van der Waals surface area contributed by atoms with Crippen molar-refractivity contribution in [3.8, 4) is 11.1 Å². The molecule has 20 heavy (non-hydrogen) atoms. The van der Waals surface area contributed by atoms with Gasteiger partial charge in [0.1, 0.15) is 5.69 Å². The standard InChI is InChI=1S/C17H15NO2/c1-10-6-7-12(8-11(10)2)14-5-3-4-13-9-15(17(19)20)18-16(13)14/h3-9,18H,1-2H3,(H,19,20). The Morgan fingerprint density at radius 2 is 1.85 bits per heavy atom. The molecule has 0 spiro atoms. The number of aromatic carboxylic acids is 1. The molecule has 0 aliphatic heterocycles. The first kappa shape index (κ1) is 12.5.